The van der Waals surface area contributed by atoms with Crippen molar-refractivity contribution in [2.75, 3.05) is 11.1 Å². The van der Waals surface area contributed by atoms with Gasteiger partial charge in [-0.25, -0.2) is 15.0 Å². The minimum Gasteiger partial charge on any atom is -0.436 e. The van der Waals surface area contributed by atoms with Gasteiger partial charge in [0.15, 0.2) is 11.2 Å². The number of aromatic nitrogens is 4. The summed E-state index contributed by atoms with van der Waals surface area (Å²) in [6.45, 7) is 2.11. The summed E-state index contributed by atoms with van der Waals surface area (Å²) in [5.74, 6) is 2.29. The van der Waals surface area contributed by atoms with Crippen LogP contribution in [0.3, 0.4) is 0 Å². The number of hydrogen-bond donors (Lipinski definition) is 2. The summed E-state index contributed by atoms with van der Waals surface area (Å²) in [4.78, 5) is 14.1. The topological polar surface area (TPSA) is 108 Å². The molecule has 0 aliphatic heterocycles. The number of fused-ring (bicyclic) bond motifs is 5. The number of nitrogen functional groups attached to an aromatic ring is 1. The fourth-order valence-electron chi connectivity index (χ4n) is 8.65. The van der Waals surface area contributed by atoms with Gasteiger partial charge in [-0.3, -0.25) is 0 Å². The predicted molar refractivity (Wildman–Crippen MR) is 225 cm³/mol. The lowest BCUT2D eigenvalue weighted by atomic mass is 9.87. The molecule has 0 fully saturated rings. The zero-order valence-electron chi connectivity index (χ0n) is 31.3. The van der Waals surface area contributed by atoms with Crippen LogP contribution in [0.1, 0.15) is 65.8 Å². The van der Waals surface area contributed by atoms with Crippen LogP contribution < -0.4 is 11.1 Å². The van der Waals surface area contributed by atoms with Crippen LogP contribution in [0, 0.1) is 6.92 Å². The second-order valence-electron chi connectivity index (χ2n) is 14.9. The first-order chi connectivity index (χ1) is 27.6. The second-order valence-corrected chi connectivity index (χ2v) is 14.9. The average molecular weight is 735 g/mol. The third-order valence-electron chi connectivity index (χ3n) is 11.3. The van der Waals surface area contributed by atoms with Gasteiger partial charge in [-0.15, -0.1) is 0 Å². The molecule has 3 N–H and O–H groups in total. The molecule has 2 aliphatic carbocycles. The maximum absolute atomic E-state index is 6.36. The number of oxazole rings is 2. The second kappa shape index (κ2) is 14.2. The molecule has 8 nitrogen and oxygen atoms in total. The summed E-state index contributed by atoms with van der Waals surface area (Å²) in [5.41, 5.74) is 21.1. The third-order valence-corrected chi connectivity index (χ3v) is 11.3. The molecule has 9 aromatic rings. The quantitative estimate of drug-likeness (QED) is 0.169. The van der Waals surface area contributed by atoms with Crippen LogP contribution in [-0.2, 0) is 12.8 Å². The molecule has 2 aliphatic rings. The SMILES string of the molecule is Cc1nc2cc(-c3nc4ccccc4o3)ccc2n1C1CCCc2ccccc21.Nc1cc(-c2nc3ccccc3o2)ccc1NC1CCCc2ccccc21. The summed E-state index contributed by atoms with van der Waals surface area (Å²) in [6, 6.07) is 46.1. The van der Waals surface area contributed by atoms with E-state index < -0.39 is 0 Å². The van der Waals surface area contributed by atoms with Crippen molar-refractivity contribution in [3.05, 3.63) is 162 Å². The molecule has 0 saturated heterocycles. The van der Waals surface area contributed by atoms with Crippen LogP contribution in [0.15, 0.2) is 142 Å². The summed E-state index contributed by atoms with van der Waals surface area (Å²) in [5, 5.41) is 3.63. The molecule has 8 heteroatoms. The molecular weight excluding hydrogens is 693 g/mol. The summed E-state index contributed by atoms with van der Waals surface area (Å²) in [7, 11) is 0. The summed E-state index contributed by atoms with van der Waals surface area (Å²) < 4.78 is 14.2. The van der Waals surface area contributed by atoms with Gasteiger partial charge < -0.3 is 24.5 Å². The van der Waals surface area contributed by atoms with E-state index in [0.29, 0.717) is 29.6 Å². The van der Waals surface area contributed by atoms with Gasteiger partial charge in [-0.2, -0.15) is 0 Å². The van der Waals surface area contributed by atoms with Gasteiger partial charge in [0.1, 0.15) is 16.9 Å². The highest BCUT2D eigenvalue weighted by Crippen LogP contribution is 2.38. The van der Waals surface area contributed by atoms with E-state index in [1.165, 1.54) is 47.0 Å². The standard InChI is InChI=1S/C25H21N3O.C23H21N3O/c1-16-26-21-15-18(25-27-20-10-4-5-12-24(20)29-25)13-14-23(21)28(16)22-11-6-8-17-7-2-3-9-19(17)22;24-18-14-16(23-26-21-9-3-4-11-22(21)27-23)12-13-20(18)25-19-10-5-7-15-6-1-2-8-17(15)19/h2-5,7,9-10,12-15,22H,6,8,11H2,1H3;1-4,6,8-9,11-14,19,25H,5,7,10,24H2. The van der Waals surface area contributed by atoms with Crippen molar-refractivity contribution in [3.63, 3.8) is 0 Å². The highest BCUT2D eigenvalue weighted by Gasteiger charge is 2.25. The lowest BCUT2D eigenvalue weighted by Crippen LogP contribution is -2.18. The Morgan fingerprint density at radius 3 is 1.89 bits per heavy atom. The van der Waals surface area contributed by atoms with Gasteiger partial charge in [0.05, 0.1) is 34.5 Å². The largest absolute Gasteiger partial charge is 0.436 e. The first kappa shape index (κ1) is 33.9. The van der Waals surface area contributed by atoms with Crippen LogP contribution in [0.4, 0.5) is 11.4 Å². The van der Waals surface area contributed by atoms with E-state index in [2.05, 4.69) is 93.5 Å². The number of rotatable bonds is 5. The van der Waals surface area contributed by atoms with Gasteiger partial charge in [0.2, 0.25) is 11.8 Å². The molecule has 0 spiro atoms. The van der Waals surface area contributed by atoms with E-state index in [1.54, 1.807) is 0 Å². The van der Waals surface area contributed by atoms with Gasteiger partial charge in [0.25, 0.3) is 0 Å². The minimum absolute atomic E-state index is 0.299. The van der Waals surface area contributed by atoms with Gasteiger partial charge in [-0.05, 0) is 128 Å². The third kappa shape index (κ3) is 6.27. The Morgan fingerprint density at radius 1 is 0.607 bits per heavy atom. The number of nitrogens with one attached hydrogen (secondary N) is 1. The van der Waals surface area contributed by atoms with Crippen molar-refractivity contribution in [2.45, 2.75) is 57.5 Å². The van der Waals surface area contributed by atoms with E-state index in [9.17, 15) is 0 Å². The molecule has 0 radical (unpaired) electrons. The van der Waals surface area contributed by atoms with Crippen LogP contribution in [0.25, 0.3) is 56.1 Å². The highest BCUT2D eigenvalue weighted by molar-refractivity contribution is 5.83. The molecular formula is C48H42N6O2. The normalized spacial score (nSPS) is 16.3. The van der Waals surface area contributed by atoms with Crippen molar-refractivity contribution in [3.8, 4) is 22.9 Å². The van der Waals surface area contributed by atoms with E-state index >= 15 is 0 Å². The fourth-order valence-corrected chi connectivity index (χ4v) is 8.65. The van der Waals surface area contributed by atoms with Gasteiger partial charge in [-0.1, -0.05) is 72.8 Å². The zero-order chi connectivity index (χ0) is 37.6. The van der Waals surface area contributed by atoms with E-state index in [0.717, 1.165) is 69.6 Å². The Bertz CT molecular complexity index is 2800. The molecule has 0 saturated carbocycles. The average Bonchev–Trinajstić information content (AvgIpc) is 3.96. The Kier molecular flexibility index (Phi) is 8.58. The van der Waals surface area contributed by atoms with Crippen LogP contribution in [0.5, 0.6) is 0 Å². The highest BCUT2D eigenvalue weighted by atomic mass is 16.4. The Morgan fingerprint density at radius 2 is 1.20 bits per heavy atom. The van der Waals surface area contributed by atoms with Crippen molar-refractivity contribution in [2.24, 2.45) is 0 Å². The van der Waals surface area contributed by atoms with Crippen molar-refractivity contribution in [1.29, 1.82) is 0 Å². The number of anilines is 2. The maximum Gasteiger partial charge on any atom is 0.227 e. The molecule has 0 amide bonds. The van der Waals surface area contributed by atoms with E-state index in [-0.39, 0.29) is 0 Å². The number of para-hydroxylation sites is 4. The molecule has 3 aromatic heterocycles. The molecule has 11 rings (SSSR count). The van der Waals surface area contributed by atoms with Crippen LogP contribution in [-0.4, -0.2) is 19.5 Å². The molecule has 2 atom stereocenters. The lowest BCUT2D eigenvalue weighted by Gasteiger charge is -2.28. The minimum atomic E-state index is 0.299. The Balaban J connectivity index is 0.000000138. The maximum atomic E-state index is 6.36. The number of nitrogens with zero attached hydrogens (tertiary/aromatic N) is 4. The van der Waals surface area contributed by atoms with E-state index in [4.69, 9.17) is 19.6 Å². The number of benzene rings is 6. The van der Waals surface area contributed by atoms with Crippen LogP contribution >= 0.6 is 0 Å². The number of nitrogens with two attached hydrogens (primary N) is 1. The monoisotopic (exact) mass is 734 g/mol. The molecule has 3 heterocycles. The molecule has 0 bridgehead atoms. The number of aryl methyl sites for hydroxylation is 3. The number of imidazole rings is 1. The lowest BCUT2D eigenvalue weighted by molar-refractivity contribution is 0.491. The van der Waals surface area contributed by atoms with Gasteiger partial charge in [0, 0.05) is 11.1 Å². The predicted octanol–water partition coefficient (Wildman–Crippen LogP) is 11.6. The fraction of sp³-hybridized carbons (Fsp3) is 0.188. The van der Waals surface area contributed by atoms with Crippen molar-refractivity contribution >= 4 is 44.6 Å². The van der Waals surface area contributed by atoms with Crippen LogP contribution in [0.2, 0.25) is 0 Å². The first-order valence-corrected chi connectivity index (χ1v) is 19.6. The van der Waals surface area contributed by atoms with E-state index in [1.807, 2.05) is 66.7 Å². The molecule has 56 heavy (non-hydrogen) atoms. The molecule has 276 valence electrons. The Hall–Kier alpha value is -6.67. The smallest absolute Gasteiger partial charge is 0.227 e. The molecule has 6 aromatic carbocycles. The van der Waals surface area contributed by atoms with Gasteiger partial charge >= 0.3 is 0 Å². The summed E-state index contributed by atoms with van der Waals surface area (Å²) >= 11 is 0. The Labute approximate surface area is 325 Å². The first-order valence-electron chi connectivity index (χ1n) is 19.6. The van der Waals surface area contributed by atoms with Crippen molar-refractivity contribution in [1.82, 2.24) is 19.5 Å². The number of hydrogen-bond acceptors (Lipinski definition) is 7. The summed E-state index contributed by atoms with van der Waals surface area (Å²) in [6.07, 6.45) is 6.98. The van der Waals surface area contributed by atoms with Crippen molar-refractivity contribution < 1.29 is 8.83 Å². The molecule has 2 unspecified atom stereocenters. The zero-order valence-corrected chi connectivity index (χ0v) is 31.3.